The average Bonchev–Trinajstić information content (AvgIpc) is 3.34. The summed E-state index contributed by atoms with van der Waals surface area (Å²) in [5.41, 5.74) is 2.59. The molecule has 27 heavy (non-hydrogen) atoms. The van der Waals surface area contributed by atoms with E-state index in [1.807, 2.05) is 30.0 Å². The molecule has 3 heterocycles. The summed E-state index contributed by atoms with van der Waals surface area (Å²) >= 11 is 0. The second kappa shape index (κ2) is 7.13. The first-order valence-electron chi connectivity index (χ1n) is 9.58. The zero-order chi connectivity index (χ0) is 19.0. The number of hydrogen-bond acceptors (Lipinski definition) is 6. The molecule has 0 radical (unpaired) electrons. The van der Waals surface area contributed by atoms with Crippen molar-refractivity contribution in [3.8, 4) is 11.4 Å². The van der Waals surface area contributed by atoms with Gasteiger partial charge in [0.15, 0.2) is 5.58 Å². The molecule has 2 aromatic heterocycles. The molecule has 1 aromatic carbocycles. The van der Waals surface area contributed by atoms with Crippen LogP contribution in [0.25, 0.3) is 22.4 Å². The molecule has 0 bridgehead atoms. The fourth-order valence-electron chi connectivity index (χ4n) is 3.63. The maximum atomic E-state index is 11.8. The Bertz CT molecular complexity index is 951. The van der Waals surface area contributed by atoms with Crippen LogP contribution in [0.1, 0.15) is 63.5 Å². The molecule has 1 aliphatic heterocycles. The number of fused-ring (bicyclic) bond motifs is 1. The highest BCUT2D eigenvalue weighted by Gasteiger charge is 2.27. The van der Waals surface area contributed by atoms with Crippen LogP contribution in [0.2, 0.25) is 0 Å². The van der Waals surface area contributed by atoms with E-state index >= 15 is 0 Å². The molecule has 0 atom stereocenters. The fraction of sp³-hybridized carbons (Fsp3) is 0.500. The van der Waals surface area contributed by atoms with Crippen LogP contribution in [0, 0.1) is 0 Å². The first-order chi connectivity index (χ1) is 13.1. The van der Waals surface area contributed by atoms with Crippen LogP contribution in [-0.2, 0) is 4.79 Å². The SMILES string of the molecule is CCC(=O)N1CCC(c2nc(-c3ccc4onc(C(C)C)c4c3)no2)CC1. The largest absolute Gasteiger partial charge is 0.356 e. The van der Waals surface area contributed by atoms with Gasteiger partial charge < -0.3 is 13.9 Å². The van der Waals surface area contributed by atoms with Crippen LogP contribution < -0.4 is 0 Å². The summed E-state index contributed by atoms with van der Waals surface area (Å²) in [6.45, 7) is 7.58. The number of aromatic nitrogens is 3. The molecule has 142 valence electrons. The number of hydrogen-bond donors (Lipinski definition) is 0. The lowest BCUT2D eigenvalue weighted by Gasteiger charge is -2.30. The first-order valence-corrected chi connectivity index (χ1v) is 9.58. The van der Waals surface area contributed by atoms with E-state index in [9.17, 15) is 4.79 Å². The van der Waals surface area contributed by atoms with Gasteiger partial charge in [0.2, 0.25) is 17.6 Å². The molecule has 4 rings (SSSR count). The van der Waals surface area contributed by atoms with Gasteiger partial charge in [0.25, 0.3) is 0 Å². The Hall–Kier alpha value is -2.70. The van der Waals surface area contributed by atoms with Crippen molar-refractivity contribution >= 4 is 16.9 Å². The zero-order valence-corrected chi connectivity index (χ0v) is 15.9. The topological polar surface area (TPSA) is 85.3 Å². The summed E-state index contributed by atoms with van der Waals surface area (Å²) in [5.74, 6) is 1.93. The molecule has 3 aromatic rings. The van der Waals surface area contributed by atoms with Crippen LogP contribution in [-0.4, -0.2) is 39.2 Å². The molecule has 0 N–H and O–H groups in total. The third kappa shape index (κ3) is 3.34. The molecule has 0 unspecified atom stereocenters. The molecular weight excluding hydrogens is 344 g/mol. The normalized spacial score (nSPS) is 15.8. The smallest absolute Gasteiger partial charge is 0.230 e. The number of nitrogens with zero attached hydrogens (tertiary/aromatic N) is 4. The predicted molar refractivity (Wildman–Crippen MR) is 100 cm³/mol. The Morgan fingerprint density at radius 2 is 2.00 bits per heavy atom. The number of piperidine rings is 1. The maximum Gasteiger partial charge on any atom is 0.230 e. The minimum absolute atomic E-state index is 0.206. The van der Waals surface area contributed by atoms with Crippen molar-refractivity contribution in [1.29, 1.82) is 0 Å². The monoisotopic (exact) mass is 368 g/mol. The van der Waals surface area contributed by atoms with Crippen LogP contribution in [0.5, 0.6) is 0 Å². The minimum atomic E-state index is 0.206. The van der Waals surface area contributed by atoms with Crippen molar-refractivity contribution in [3.63, 3.8) is 0 Å². The van der Waals surface area contributed by atoms with E-state index in [0.717, 1.165) is 48.2 Å². The van der Waals surface area contributed by atoms with E-state index in [2.05, 4.69) is 29.1 Å². The lowest BCUT2D eigenvalue weighted by atomic mass is 9.96. The minimum Gasteiger partial charge on any atom is -0.356 e. The average molecular weight is 368 g/mol. The quantitative estimate of drug-likeness (QED) is 0.689. The molecule has 1 fully saturated rings. The number of likely N-dealkylation sites (tertiary alicyclic amines) is 1. The Morgan fingerprint density at radius 1 is 1.22 bits per heavy atom. The summed E-state index contributed by atoms with van der Waals surface area (Å²) in [5, 5.41) is 9.33. The summed E-state index contributed by atoms with van der Waals surface area (Å²) in [7, 11) is 0. The predicted octanol–water partition coefficient (Wildman–Crippen LogP) is 4.12. The molecular formula is C20H24N4O3. The maximum absolute atomic E-state index is 11.8. The number of carbonyl (C=O) groups is 1. The van der Waals surface area contributed by atoms with E-state index in [-0.39, 0.29) is 17.7 Å². The van der Waals surface area contributed by atoms with Crippen molar-refractivity contribution in [1.82, 2.24) is 20.2 Å². The summed E-state index contributed by atoms with van der Waals surface area (Å²) in [6.07, 6.45) is 2.27. The Morgan fingerprint density at radius 3 is 2.70 bits per heavy atom. The second-order valence-electron chi connectivity index (χ2n) is 7.40. The first kappa shape index (κ1) is 17.7. The van der Waals surface area contributed by atoms with E-state index in [4.69, 9.17) is 9.05 Å². The second-order valence-corrected chi connectivity index (χ2v) is 7.40. The van der Waals surface area contributed by atoms with Crippen molar-refractivity contribution in [2.24, 2.45) is 0 Å². The summed E-state index contributed by atoms with van der Waals surface area (Å²) in [6, 6.07) is 5.83. The Balaban J connectivity index is 1.54. The van der Waals surface area contributed by atoms with Gasteiger partial charge in [-0.2, -0.15) is 4.98 Å². The highest BCUT2D eigenvalue weighted by Crippen LogP contribution is 2.31. The van der Waals surface area contributed by atoms with E-state index in [0.29, 0.717) is 18.1 Å². The number of rotatable bonds is 4. The lowest BCUT2D eigenvalue weighted by molar-refractivity contribution is -0.131. The molecule has 1 aliphatic rings. The van der Waals surface area contributed by atoms with E-state index in [1.165, 1.54) is 0 Å². The van der Waals surface area contributed by atoms with Crippen molar-refractivity contribution in [2.75, 3.05) is 13.1 Å². The fourth-order valence-corrected chi connectivity index (χ4v) is 3.63. The standard InChI is InChI=1S/C20H24N4O3/c1-4-17(25)24-9-7-13(8-10-24)20-21-19(23-27-20)14-5-6-16-15(11-14)18(12(2)3)22-26-16/h5-6,11-13H,4,7-10H2,1-3H3. The highest BCUT2D eigenvalue weighted by molar-refractivity contribution is 5.84. The molecule has 1 amide bonds. The molecule has 0 aliphatic carbocycles. The van der Waals surface area contributed by atoms with Gasteiger partial charge in [0.05, 0.1) is 5.69 Å². The number of amides is 1. The number of carbonyl (C=O) groups excluding carboxylic acids is 1. The van der Waals surface area contributed by atoms with Gasteiger partial charge in [-0.05, 0) is 37.0 Å². The molecule has 0 saturated carbocycles. The van der Waals surface area contributed by atoms with Crippen molar-refractivity contribution < 1.29 is 13.8 Å². The van der Waals surface area contributed by atoms with Gasteiger partial charge >= 0.3 is 0 Å². The van der Waals surface area contributed by atoms with Gasteiger partial charge in [-0.3, -0.25) is 4.79 Å². The van der Waals surface area contributed by atoms with Gasteiger partial charge in [-0.1, -0.05) is 31.1 Å². The van der Waals surface area contributed by atoms with Crippen LogP contribution in [0.4, 0.5) is 0 Å². The Labute approximate surface area is 157 Å². The third-order valence-corrected chi connectivity index (χ3v) is 5.24. The molecule has 7 heteroatoms. The molecule has 7 nitrogen and oxygen atoms in total. The van der Waals surface area contributed by atoms with E-state index < -0.39 is 0 Å². The van der Waals surface area contributed by atoms with Crippen molar-refractivity contribution in [3.05, 3.63) is 29.8 Å². The van der Waals surface area contributed by atoms with Gasteiger partial charge in [0, 0.05) is 36.4 Å². The summed E-state index contributed by atoms with van der Waals surface area (Å²) < 4.78 is 10.9. The Kier molecular flexibility index (Phi) is 4.68. The lowest BCUT2D eigenvalue weighted by Crippen LogP contribution is -2.37. The third-order valence-electron chi connectivity index (χ3n) is 5.24. The van der Waals surface area contributed by atoms with Gasteiger partial charge in [-0.25, -0.2) is 0 Å². The van der Waals surface area contributed by atoms with E-state index in [1.54, 1.807) is 0 Å². The summed E-state index contributed by atoms with van der Waals surface area (Å²) in [4.78, 5) is 18.4. The van der Waals surface area contributed by atoms with Crippen LogP contribution in [0.15, 0.2) is 27.2 Å². The van der Waals surface area contributed by atoms with Gasteiger partial charge in [-0.15, -0.1) is 0 Å². The van der Waals surface area contributed by atoms with Crippen LogP contribution >= 0.6 is 0 Å². The number of benzene rings is 1. The molecule has 0 spiro atoms. The highest BCUT2D eigenvalue weighted by atomic mass is 16.5. The van der Waals surface area contributed by atoms with Crippen LogP contribution in [0.3, 0.4) is 0 Å². The van der Waals surface area contributed by atoms with Gasteiger partial charge in [0.1, 0.15) is 0 Å². The molecule has 1 saturated heterocycles. The van der Waals surface area contributed by atoms with Crippen molar-refractivity contribution in [2.45, 2.75) is 51.9 Å². The zero-order valence-electron chi connectivity index (χ0n) is 15.9.